The topological polar surface area (TPSA) is 55.4 Å². The Morgan fingerprint density at radius 3 is 2.67 bits per heavy atom. The number of carbonyl (C=O) groups is 2. The highest BCUT2D eigenvalue weighted by molar-refractivity contribution is 5.73. The number of unbranched alkanes of at least 4 members (excludes halogenated alkanes) is 1. The fourth-order valence-electron chi connectivity index (χ4n) is 2.05. The highest BCUT2D eigenvalue weighted by atomic mass is 16.5. The molecule has 0 saturated carbocycles. The number of hydrogen-bond acceptors (Lipinski definition) is 3. The zero-order valence-electron chi connectivity index (χ0n) is 13.1. The molecule has 4 heteroatoms. The number of rotatable bonds is 8. The Labute approximate surface area is 126 Å². The van der Waals surface area contributed by atoms with Crippen molar-refractivity contribution >= 4 is 11.9 Å². The molecule has 1 N–H and O–H groups in total. The Morgan fingerprint density at radius 1 is 1.24 bits per heavy atom. The van der Waals surface area contributed by atoms with E-state index in [0.29, 0.717) is 31.1 Å². The van der Waals surface area contributed by atoms with E-state index in [1.165, 1.54) is 12.5 Å². The maximum absolute atomic E-state index is 11.7. The number of nitrogens with one attached hydrogen (secondary N) is 1. The van der Waals surface area contributed by atoms with Crippen molar-refractivity contribution in [2.24, 2.45) is 5.92 Å². The van der Waals surface area contributed by atoms with Gasteiger partial charge in [0.05, 0.1) is 0 Å². The predicted octanol–water partition coefficient (Wildman–Crippen LogP) is 3.10. The van der Waals surface area contributed by atoms with Crippen molar-refractivity contribution in [3.05, 3.63) is 29.8 Å². The van der Waals surface area contributed by atoms with Crippen LogP contribution in [0.25, 0.3) is 0 Å². The van der Waals surface area contributed by atoms with E-state index in [1.807, 2.05) is 18.2 Å². The quantitative estimate of drug-likeness (QED) is 0.455. The monoisotopic (exact) mass is 291 g/mol. The molecule has 0 saturated heterocycles. The van der Waals surface area contributed by atoms with Gasteiger partial charge in [0.1, 0.15) is 5.75 Å². The van der Waals surface area contributed by atoms with E-state index in [9.17, 15) is 9.59 Å². The van der Waals surface area contributed by atoms with Gasteiger partial charge in [0.2, 0.25) is 5.91 Å². The summed E-state index contributed by atoms with van der Waals surface area (Å²) in [5.41, 5.74) is 1.18. The Morgan fingerprint density at radius 2 is 2.00 bits per heavy atom. The zero-order chi connectivity index (χ0) is 15.7. The molecule has 0 aliphatic heterocycles. The fraction of sp³-hybridized carbons (Fsp3) is 0.529. The minimum absolute atomic E-state index is 0.0421. The van der Waals surface area contributed by atoms with Crippen molar-refractivity contribution in [1.29, 1.82) is 0 Å². The molecule has 1 aromatic rings. The number of carbonyl (C=O) groups excluding carboxylic acids is 2. The Bertz CT molecular complexity index is 469. The highest BCUT2D eigenvalue weighted by Crippen LogP contribution is 2.17. The minimum atomic E-state index is -0.223. The maximum atomic E-state index is 11.7. The second kappa shape index (κ2) is 9.16. The van der Waals surface area contributed by atoms with Crippen LogP contribution in [-0.4, -0.2) is 18.4 Å². The smallest absolute Gasteiger partial charge is 0.311 e. The molecule has 21 heavy (non-hydrogen) atoms. The molecule has 0 bridgehead atoms. The summed E-state index contributed by atoms with van der Waals surface area (Å²) in [6.45, 7) is 6.41. The summed E-state index contributed by atoms with van der Waals surface area (Å²) in [5.74, 6) is 0.920. The van der Waals surface area contributed by atoms with E-state index < -0.39 is 0 Å². The van der Waals surface area contributed by atoms with Crippen molar-refractivity contribution in [1.82, 2.24) is 5.32 Å². The maximum Gasteiger partial charge on any atom is 0.311 e. The van der Waals surface area contributed by atoms with Crippen LogP contribution in [0, 0.1) is 5.92 Å². The highest BCUT2D eigenvalue weighted by Gasteiger charge is 2.06. The van der Waals surface area contributed by atoms with Gasteiger partial charge in [-0.25, -0.2) is 0 Å². The molecule has 0 spiro atoms. The summed E-state index contributed by atoms with van der Waals surface area (Å²) < 4.78 is 5.34. The third-order valence-corrected chi connectivity index (χ3v) is 2.96. The number of ether oxygens (including phenoxy) is 1. The molecule has 0 aliphatic rings. The van der Waals surface area contributed by atoms with Crippen LogP contribution in [0.15, 0.2) is 24.3 Å². The molecule has 0 aliphatic carbocycles. The molecule has 1 rings (SSSR count). The summed E-state index contributed by atoms with van der Waals surface area (Å²) in [4.78, 5) is 22.4. The summed E-state index contributed by atoms with van der Waals surface area (Å²) in [5, 5.41) is 2.70. The van der Waals surface area contributed by atoms with Gasteiger partial charge in [-0.05, 0) is 42.9 Å². The third kappa shape index (κ3) is 8.12. The van der Waals surface area contributed by atoms with Gasteiger partial charge in [0.15, 0.2) is 0 Å². The largest absolute Gasteiger partial charge is 0.427 e. The van der Waals surface area contributed by atoms with Crippen LogP contribution in [-0.2, 0) is 16.0 Å². The lowest BCUT2D eigenvalue weighted by molar-refractivity contribution is -0.134. The van der Waals surface area contributed by atoms with Crippen LogP contribution in [0.1, 0.15) is 45.6 Å². The molecule has 0 heterocycles. The standard InChI is InChI=1S/C17H25NO3/c1-13(2)11-15-7-6-8-16(12-15)21-17(20)9-4-5-10-18-14(3)19/h6-8,12-13H,4-5,9-11H2,1-3H3,(H,18,19). The SMILES string of the molecule is CC(=O)NCCCCC(=O)Oc1cccc(CC(C)C)c1. The van der Waals surface area contributed by atoms with Gasteiger partial charge in [-0.3, -0.25) is 9.59 Å². The van der Waals surface area contributed by atoms with Crippen LogP contribution < -0.4 is 10.1 Å². The Kier molecular flexibility index (Phi) is 7.51. The molecule has 0 radical (unpaired) electrons. The molecule has 0 fully saturated rings. The minimum Gasteiger partial charge on any atom is -0.427 e. The van der Waals surface area contributed by atoms with Crippen LogP contribution in [0.5, 0.6) is 5.75 Å². The van der Waals surface area contributed by atoms with Gasteiger partial charge in [-0.1, -0.05) is 26.0 Å². The van der Waals surface area contributed by atoms with Crippen molar-refractivity contribution in [3.8, 4) is 5.75 Å². The van der Waals surface area contributed by atoms with Gasteiger partial charge in [0.25, 0.3) is 0 Å². The number of amides is 1. The summed E-state index contributed by atoms with van der Waals surface area (Å²) >= 11 is 0. The molecular weight excluding hydrogens is 266 g/mol. The van der Waals surface area contributed by atoms with Gasteiger partial charge in [0, 0.05) is 19.9 Å². The average Bonchev–Trinajstić information content (AvgIpc) is 2.37. The van der Waals surface area contributed by atoms with E-state index in [4.69, 9.17) is 4.74 Å². The normalized spacial score (nSPS) is 10.5. The first-order valence-electron chi connectivity index (χ1n) is 7.51. The molecule has 0 unspecified atom stereocenters. The molecule has 116 valence electrons. The van der Waals surface area contributed by atoms with Gasteiger partial charge in [-0.2, -0.15) is 0 Å². The van der Waals surface area contributed by atoms with E-state index in [-0.39, 0.29) is 11.9 Å². The van der Waals surface area contributed by atoms with Crippen LogP contribution in [0.3, 0.4) is 0 Å². The molecule has 0 atom stereocenters. The van der Waals surface area contributed by atoms with Crippen molar-refractivity contribution in [2.75, 3.05) is 6.54 Å². The second-order valence-electron chi connectivity index (χ2n) is 5.66. The Balaban J connectivity index is 2.32. The lowest BCUT2D eigenvalue weighted by Crippen LogP contribution is -2.21. The summed E-state index contributed by atoms with van der Waals surface area (Å²) in [6.07, 6.45) is 2.84. The van der Waals surface area contributed by atoms with Crippen molar-refractivity contribution in [3.63, 3.8) is 0 Å². The van der Waals surface area contributed by atoms with Crippen LogP contribution in [0.2, 0.25) is 0 Å². The first kappa shape index (κ1) is 17.2. The first-order valence-corrected chi connectivity index (χ1v) is 7.51. The van der Waals surface area contributed by atoms with Crippen LogP contribution >= 0.6 is 0 Å². The molecule has 1 aromatic carbocycles. The van der Waals surface area contributed by atoms with Gasteiger partial charge in [-0.15, -0.1) is 0 Å². The lowest BCUT2D eigenvalue weighted by atomic mass is 10.0. The molecule has 4 nitrogen and oxygen atoms in total. The van der Waals surface area contributed by atoms with E-state index in [1.54, 1.807) is 6.07 Å². The summed E-state index contributed by atoms with van der Waals surface area (Å²) in [7, 11) is 0. The number of benzene rings is 1. The number of hydrogen-bond donors (Lipinski definition) is 1. The average molecular weight is 291 g/mol. The molecule has 0 aromatic heterocycles. The number of esters is 1. The van der Waals surface area contributed by atoms with E-state index in [2.05, 4.69) is 19.2 Å². The third-order valence-electron chi connectivity index (χ3n) is 2.96. The molecular formula is C17H25NO3. The first-order chi connectivity index (χ1) is 9.97. The van der Waals surface area contributed by atoms with E-state index in [0.717, 1.165) is 12.8 Å². The predicted molar refractivity (Wildman–Crippen MR) is 83.2 cm³/mol. The Hall–Kier alpha value is -1.84. The van der Waals surface area contributed by atoms with Crippen molar-refractivity contribution in [2.45, 2.75) is 46.5 Å². The summed E-state index contributed by atoms with van der Waals surface area (Å²) in [6, 6.07) is 7.69. The van der Waals surface area contributed by atoms with Gasteiger partial charge < -0.3 is 10.1 Å². The zero-order valence-corrected chi connectivity index (χ0v) is 13.1. The van der Waals surface area contributed by atoms with E-state index >= 15 is 0 Å². The molecule has 1 amide bonds. The van der Waals surface area contributed by atoms with Crippen LogP contribution in [0.4, 0.5) is 0 Å². The second-order valence-corrected chi connectivity index (χ2v) is 5.66. The van der Waals surface area contributed by atoms with Gasteiger partial charge >= 0.3 is 5.97 Å². The lowest BCUT2D eigenvalue weighted by Gasteiger charge is -2.08. The fourth-order valence-corrected chi connectivity index (χ4v) is 2.05. The van der Waals surface area contributed by atoms with Crippen molar-refractivity contribution < 1.29 is 14.3 Å².